The summed E-state index contributed by atoms with van der Waals surface area (Å²) in [5.74, 6) is -0.479. The van der Waals surface area contributed by atoms with Gasteiger partial charge in [0.2, 0.25) is 5.91 Å². The highest BCUT2D eigenvalue weighted by molar-refractivity contribution is 5.87. The first-order valence-electron chi connectivity index (χ1n) is 7.41. The molecule has 9 nitrogen and oxygen atoms in total. The van der Waals surface area contributed by atoms with Crippen LogP contribution in [0.1, 0.15) is 20.3 Å². The van der Waals surface area contributed by atoms with Crippen LogP contribution < -0.4 is 20.1 Å². The van der Waals surface area contributed by atoms with E-state index < -0.39 is 23.5 Å². The van der Waals surface area contributed by atoms with Crippen molar-refractivity contribution < 1.29 is 24.0 Å². The molecule has 1 rings (SSSR count). The van der Waals surface area contributed by atoms with Gasteiger partial charge < -0.3 is 20.1 Å². The van der Waals surface area contributed by atoms with Gasteiger partial charge in [0.25, 0.3) is 11.6 Å². The lowest BCUT2D eigenvalue weighted by Gasteiger charge is -2.15. The third-order valence-corrected chi connectivity index (χ3v) is 3.04. The number of nitro benzene ring substituents is 1. The van der Waals surface area contributed by atoms with E-state index >= 15 is 0 Å². The first-order valence-corrected chi connectivity index (χ1v) is 7.41. The number of hydrogen-bond acceptors (Lipinski definition) is 6. The second kappa shape index (κ2) is 9.33. The van der Waals surface area contributed by atoms with Gasteiger partial charge >= 0.3 is 0 Å². The van der Waals surface area contributed by atoms with Crippen LogP contribution in [0.4, 0.5) is 5.69 Å². The molecule has 1 aromatic rings. The van der Waals surface area contributed by atoms with Gasteiger partial charge in [-0.05, 0) is 19.4 Å². The van der Waals surface area contributed by atoms with Crippen LogP contribution in [-0.4, -0.2) is 43.0 Å². The highest BCUT2D eigenvalue weighted by atomic mass is 16.6. The summed E-state index contributed by atoms with van der Waals surface area (Å²) in [6.07, 6.45) is 0.794. The third-order valence-electron chi connectivity index (χ3n) is 3.04. The summed E-state index contributed by atoms with van der Waals surface area (Å²) < 4.78 is 10.3. The van der Waals surface area contributed by atoms with Crippen molar-refractivity contribution in [2.45, 2.75) is 26.3 Å². The molecule has 0 fully saturated rings. The zero-order chi connectivity index (χ0) is 18.1. The molecule has 132 valence electrons. The fourth-order valence-electron chi connectivity index (χ4n) is 1.79. The van der Waals surface area contributed by atoms with Gasteiger partial charge in [-0.15, -0.1) is 0 Å². The lowest BCUT2D eigenvalue weighted by Crippen LogP contribution is -2.46. The highest BCUT2D eigenvalue weighted by Crippen LogP contribution is 2.30. The van der Waals surface area contributed by atoms with Gasteiger partial charge in [0.05, 0.1) is 18.1 Å². The SMILES string of the molecule is CCCNC(=O)[C@H](C)NC(=O)COc1cc([N+](=O)[O-])ccc1OC. The predicted molar refractivity (Wildman–Crippen MR) is 86.0 cm³/mol. The van der Waals surface area contributed by atoms with Crippen LogP contribution in [0.2, 0.25) is 0 Å². The molecule has 1 aromatic carbocycles. The van der Waals surface area contributed by atoms with Crippen molar-refractivity contribution >= 4 is 17.5 Å². The number of amides is 2. The average molecular weight is 339 g/mol. The number of carbonyl (C=O) groups excluding carboxylic acids is 2. The number of nitrogens with one attached hydrogen (secondary N) is 2. The molecule has 0 spiro atoms. The molecule has 1 atom stereocenters. The zero-order valence-electron chi connectivity index (χ0n) is 13.8. The van der Waals surface area contributed by atoms with Crippen molar-refractivity contribution in [1.82, 2.24) is 10.6 Å². The van der Waals surface area contributed by atoms with Crippen LogP contribution in [0.5, 0.6) is 11.5 Å². The number of ether oxygens (including phenoxy) is 2. The molecular formula is C15H21N3O6. The van der Waals surface area contributed by atoms with Crippen molar-refractivity contribution in [3.63, 3.8) is 0 Å². The molecule has 24 heavy (non-hydrogen) atoms. The van der Waals surface area contributed by atoms with Crippen molar-refractivity contribution in [2.75, 3.05) is 20.3 Å². The molecule has 0 unspecified atom stereocenters. The summed E-state index contributed by atoms with van der Waals surface area (Å²) in [6.45, 7) is 3.60. The molecule has 0 saturated heterocycles. The lowest BCUT2D eigenvalue weighted by molar-refractivity contribution is -0.385. The number of methoxy groups -OCH3 is 1. The molecule has 0 aliphatic rings. The number of nitro groups is 1. The smallest absolute Gasteiger partial charge is 0.273 e. The molecule has 0 aliphatic heterocycles. The number of non-ortho nitro benzene ring substituents is 1. The highest BCUT2D eigenvalue weighted by Gasteiger charge is 2.17. The monoisotopic (exact) mass is 339 g/mol. The van der Waals surface area contributed by atoms with Crippen LogP contribution in [0.15, 0.2) is 18.2 Å². The van der Waals surface area contributed by atoms with Gasteiger partial charge in [-0.2, -0.15) is 0 Å². The molecule has 0 heterocycles. The van der Waals surface area contributed by atoms with Crippen molar-refractivity contribution in [3.05, 3.63) is 28.3 Å². The summed E-state index contributed by atoms with van der Waals surface area (Å²) in [7, 11) is 1.38. The summed E-state index contributed by atoms with van der Waals surface area (Å²) >= 11 is 0. The van der Waals surface area contributed by atoms with Crippen LogP contribution in [0.25, 0.3) is 0 Å². The largest absolute Gasteiger partial charge is 0.493 e. The van der Waals surface area contributed by atoms with Gasteiger partial charge in [-0.3, -0.25) is 19.7 Å². The molecule has 2 amide bonds. The number of rotatable bonds is 9. The minimum absolute atomic E-state index is 0.0740. The van der Waals surface area contributed by atoms with Crippen molar-refractivity contribution in [1.29, 1.82) is 0 Å². The Morgan fingerprint density at radius 3 is 2.62 bits per heavy atom. The van der Waals surface area contributed by atoms with Gasteiger partial charge in [0, 0.05) is 12.6 Å². The molecule has 2 N–H and O–H groups in total. The number of hydrogen-bond donors (Lipinski definition) is 2. The van der Waals surface area contributed by atoms with E-state index in [9.17, 15) is 19.7 Å². The second-order valence-electron chi connectivity index (χ2n) is 4.96. The first kappa shape index (κ1) is 19.2. The Morgan fingerprint density at radius 2 is 2.04 bits per heavy atom. The average Bonchev–Trinajstić information content (AvgIpc) is 2.57. The predicted octanol–water partition coefficient (Wildman–Crippen LogP) is 1.01. The van der Waals surface area contributed by atoms with Crippen LogP contribution >= 0.6 is 0 Å². The molecule has 0 aliphatic carbocycles. The number of benzene rings is 1. The first-order chi connectivity index (χ1) is 11.4. The van der Waals surface area contributed by atoms with Crippen molar-refractivity contribution in [2.24, 2.45) is 0 Å². The Balaban J connectivity index is 2.62. The van der Waals surface area contributed by atoms with Crippen LogP contribution in [0, 0.1) is 10.1 Å². The Kier molecular flexibility index (Phi) is 7.47. The standard InChI is InChI=1S/C15H21N3O6/c1-4-7-16-15(20)10(2)17-14(19)9-24-13-8-11(18(21)22)5-6-12(13)23-3/h5-6,8,10H,4,7,9H2,1-3H3,(H,16,20)(H,17,19)/t10-/m0/s1. The summed E-state index contributed by atoms with van der Waals surface area (Å²) in [5, 5.41) is 15.9. The third kappa shape index (κ3) is 5.75. The van der Waals surface area contributed by atoms with Gasteiger partial charge in [0.1, 0.15) is 6.04 Å². The molecule has 0 radical (unpaired) electrons. The summed E-state index contributed by atoms with van der Waals surface area (Å²) in [4.78, 5) is 33.7. The quantitative estimate of drug-likeness (QED) is 0.512. The maximum absolute atomic E-state index is 11.8. The lowest BCUT2D eigenvalue weighted by atomic mass is 10.3. The number of carbonyl (C=O) groups is 2. The molecule has 0 aromatic heterocycles. The van der Waals surface area contributed by atoms with E-state index in [2.05, 4.69) is 10.6 Å². The van der Waals surface area contributed by atoms with E-state index in [1.165, 1.54) is 25.3 Å². The molecule has 9 heteroatoms. The minimum Gasteiger partial charge on any atom is -0.493 e. The van der Waals surface area contributed by atoms with Gasteiger partial charge in [-0.1, -0.05) is 6.92 Å². The maximum Gasteiger partial charge on any atom is 0.273 e. The van der Waals surface area contributed by atoms with E-state index in [1.54, 1.807) is 6.92 Å². The van der Waals surface area contributed by atoms with E-state index in [-0.39, 0.29) is 23.1 Å². The number of nitrogens with zero attached hydrogens (tertiary/aromatic N) is 1. The summed E-state index contributed by atoms with van der Waals surface area (Å²) in [5.41, 5.74) is -0.182. The fraction of sp³-hybridized carbons (Fsp3) is 0.467. The Bertz CT molecular complexity index is 605. The zero-order valence-corrected chi connectivity index (χ0v) is 13.8. The van der Waals surface area contributed by atoms with Crippen molar-refractivity contribution in [3.8, 4) is 11.5 Å². The van der Waals surface area contributed by atoms with E-state index in [0.29, 0.717) is 6.54 Å². The van der Waals surface area contributed by atoms with E-state index in [0.717, 1.165) is 6.42 Å². The second-order valence-corrected chi connectivity index (χ2v) is 4.96. The maximum atomic E-state index is 11.8. The molecule has 0 saturated carbocycles. The van der Waals surface area contributed by atoms with Gasteiger partial charge in [-0.25, -0.2) is 0 Å². The van der Waals surface area contributed by atoms with Gasteiger partial charge in [0.15, 0.2) is 18.1 Å². The van der Waals surface area contributed by atoms with E-state index in [4.69, 9.17) is 9.47 Å². The minimum atomic E-state index is -0.709. The van der Waals surface area contributed by atoms with Crippen LogP contribution in [-0.2, 0) is 9.59 Å². The van der Waals surface area contributed by atoms with E-state index in [1.807, 2.05) is 6.92 Å². The summed E-state index contributed by atoms with van der Waals surface area (Å²) in [6, 6.07) is 3.11. The fourth-order valence-corrected chi connectivity index (χ4v) is 1.79. The Morgan fingerprint density at radius 1 is 1.33 bits per heavy atom. The Hall–Kier alpha value is -2.84. The molecular weight excluding hydrogens is 318 g/mol. The Labute approximate surface area is 139 Å². The van der Waals surface area contributed by atoms with Crippen LogP contribution in [0.3, 0.4) is 0 Å². The topological polar surface area (TPSA) is 120 Å². The normalized spacial score (nSPS) is 11.3. The molecule has 0 bridgehead atoms.